The molecule has 0 saturated heterocycles. The fourth-order valence-corrected chi connectivity index (χ4v) is 2.58. The molecule has 5 heteroatoms. The first-order chi connectivity index (χ1) is 8.15. The van der Waals surface area contributed by atoms with Crippen molar-refractivity contribution in [2.45, 2.75) is 31.8 Å². The quantitative estimate of drug-likeness (QED) is 0.889. The number of anilines is 1. The van der Waals surface area contributed by atoms with Crippen molar-refractivity contribution in [2.24, 2.45) is 5.92 Å². The zero-order chi connectivity index (χ0) is 12.3. The van der Waals surface area contributed by atoms with Gasteiger partial charge in [0.15, 0.2) is 0 Å². The molecule has 1 aromatic rings. The minimum absolute atomic E-state index is 0.108. The number of nitrogens with zero attached hydrogens (tertiary/aromatic N) is 1. The Hall–Kier alpha value is -0.510. The van der Waals surface area contributed by atoms with Crippen LogP contribution in [0.1, 0.15) is 25.7 Å². The third-order valence-corrected chi connectivity index (χ3v) is 3.68. The van der Waals surface area contributed by atoms with Crippen LogP contribution in [0, 0.1) is 5.92 Å². The fourth-order valence-electron chi connectivity index (χ4n) is 2.13. The second-order valence-electron chi connectivity index (χ2n) is 4.54. The van der Waals surface area contributed by atoms with Gasteiger partial charge in [-0.05, 0) is 37.7 Å². The Morgan fingerprint density at radius 3 is 2.65 bits per heavy atom. The molecular formula is C12H16Cl2N2O. The predicted octanol–water partition coefficient (Wildman–Crippen LogP) is 3.35. The normalized spacial score (nSPS) is 24.6. The largest absolute Gasteiger partial charge is 0.393 e. The van der Waals surface area contributed by atoms with Crippen LogP contribution in [0.2, 0.25) is 10.0 Å². The second-order valence-corrected chi connectivity index (χ2v) is 5.38. The Morgan fingerprint density at radius 1 is 1.29 bits per heavy atom. The van der Waals surface area contributed by atoms with Crippen LogP contribution >= 0.6 is 23.2 Å². The molecule has 0 spiro atoms. The van der Waals surface area contributed by atoms with Crippen LogP contribution in [-0.2, 0) is 0 Å². The first-order valence-corrected chi connectivity index (χ1v) is 6.63. The summed E-state index contributed by atoms with van der Waals surface area (Å²) in [6.45, 7) is 0.848. The first-order valence-electron chi connectivity index (χ1n) is 5.88. The standard InChI is InChI=1S/C12H16Cl2N2O/c13-9-5-11(14)12(16-7-9)15-6-8-1-3-10(17)4-2-8/h5,7-8,10,17H,1-4,6H2,(H,15,16). The summed E-state index contributed by atoms with van der Waals surface area (Å²) >= 11 is 11.8. The van der Waals surface area contributed by atoms with Crippen molar-refractivity contribution < 1.29 is 5.11 Å². The lowest BCUT2D eigenvalue weighted by atomic mass is 9.87. The Morgan fingerprint density at radius 2 is 2.00 bits per heavy atom. The summed E-state index contributed by atoms with van der Waals surface area (Å²) in [4.78, 5) is 4.15. The molecule has 0 atom stereocenters. The summed E-state index contributed by atoms with van der Waals surface area (Å²) in [7, 11) is 0. The zero-order valence-electron chi connectivity index (χ0n) is 9.50. The van der Waals surface area contributed by atoms with Crippen molar-refractivity contribution in [2.75, 3.05) is 11.9 Å². The maximum Gasteiger partial charge on any atom is 0.144 e. The summed E-state index contributed by atoms with van der Waals surface area (Å²) in [5.41, 5.74) is 0. The molecule has 1 aromatic heterocycles. The number of hydrogen-bond donors (Lipinski definition) is 2. The van der Waals surface area contributed by atoms with Crippen LogP contribution in [-0.4, -0.2) is 22.7 Å². The summed E-state index contributed by atoms with van der Waals surface area (Å²) in [6, 6.07) is 1.68. The number of aliphatic hydroxyl groups excluding tert-OH is 1. The van der Waals surface area contributed by atoms with Gasteiger partial charge >= 0.3 is 0 Å². The third-order valence-electron chi connectivity index (χ3n) is 3.18. The van der Waals surface area contributed by atoms with Crippen molar-refractivity contribution in [1.29, 1.82) is 0 Å². The Labute approximate surface area is 111 Å². The molecule has 1 aliphatic rings. The number of pyridine rings is 1. The molecule has 0 radical (unpaired) electrons. The Balaban J connectivity index is 1.85. The van der Waals surface area contributed by atoms with E-state index >= 15 is 0 Å². The molecule has 0 unspecified atom stereocenters. The highest BCUT2D eigenvalue weighted by Crippen LogP contribution is 2.26. The number of rotatable bonds is 3. The summed E-state index contributed by atoms with van der Waals surface area (Å²) < 4.78 is 0. The lowest BCUT2D eigenvalue weighted by molar-refractivity contribution is 0.111. The van der Waals surface area contributed by atoms with Crippen LogP contribution in [0.5, 0.6) is 0 Å². The number of aromatic nitrogens is 1. The number of nitrogens with one attached hydrogen (secondary N) is 1. The van der Waals surface area contributed by atoms with E-state index in [1.165, 1.54) is 0 Å². The Bertz CT molecular complexity index is 379. The van der Waals surface area contributed by atoms with Crippen molar-refractivity contribution >= 4 is 29.0 Å². The van der Waals surface area contributed by atoms with Gasteiger partial charge in [0.25, 0.3) is 0 Å². The maximum atomic E-state index is 9.42. The number of aliphatic hydroxyl groups is 1. The van der Waals surface area contributed by atoms with Crippen LogP contribution in [0.15, 0.2) is 12.3 Å². The highest BCUT2D eigenvalue weighted by atomic mass is 35.5. The number of halogens is 2. The van der Waals surface area contributed by atoms with E-state index in [2.05, 4.69) is 10.3 Å². The molecule has 17 heavy (non-hydrogen) atoms. The molecule has 0 aliphatic heterocycles. The topological polar surface area (TPSA) is 45.1 Å². The lowest BCUT2D eigenvalue weighted by Gasteiger charge is -2.25. The van der Waals surface area contributed by atoms with E-state index in [9.17, 15) is 5.11 Å². The molecule has 0 aromatic carbocycles. The zero-order valence-corrected chi connectivity index (χ0v) is 11.0. The average molecular weight is 275 g/mol. The van der Waals surface area contributed by atoms with E-state index in [1.807, 2.05) is 0 Å². The minimum Gasteiger partial charge on any atom is -0.393 e. The number of hydrogen-bond acceptors (Lipinski definition) is 3. The van der Waals surface area contributed by atoms with E-state index in [4.69, 9.17) is 23.2 Å². The van der Waals surface area contributed by atoms with Crippen LogP contribution in [0.3, 0.4) is 0 Å². The second kappa shape index (κ2) is 5.89. The molecule has 1 fully saturated rings. The predicted molar refractivity (Wildman–Crippen MR) is 70.7 cm³/mol. The van der Waals surface area contributed by atoms with Gasteiger partial charge in [0, 0.05) is 12.7 Å². The van der Waals surface area contributed by atoms with Gasteiger partial charge in [-0.3, -0.25) is 0 Å². The minimum atomic E-state index is -0.108. The van der Waals surface area contributed by atoms with Crippen LogP contribution in [0.4, 0.5) is 5.82 Å². The highest BCUT2D eigenvalue weighted by molar-refractivity contribution is 6.35. The van der Waals surface area contributed by atoms with E-state index in [1.54, 1.807) is 12.3 Å². The van der Waals surface area contributed by atoms with Crippen molar-refractivity contribution in [3.05, 3.63) is 22.3 Å². The van der Waals surface area contributed by atoms with E-state index in [0.29, 0.717) is 21.8 Å². The van der Waals surface area contributed by atoms with Crippen molar-refractivity contribution in [1.82, 2.24) is 4.98 Å². The monoisotopic (exact) mass is 274 g/mol. The lowest BCUT2D eigenvalue weighted by Crippen LogP contribution is -2.23. The fraction of sp³-hybridized carbons (Fsp3) is 0.583. The Kier molecular flexibility index (Phi) is 4.48. The van der Waals surface area contributed by atoms with E-state index in [-0.39, 0.29) is 6.10 Å². The van der Waals surface area contributed by atoms with Gasteiger partial charge in [-0.2, -0.15) is 0 Å². The summed E-state index contributed by atoms with van der Waals surface area (Å²) in [5, 5.41) is 13.8. The molecule has 1 saturated carbocycles. The summed E-state index contributed by atoms with van der Waals surface area (Å²) in [5.74, 6) is 1.27. The van der Waals surface area contributed by atoms with Gasteiger partial charge in [0.05, 0.1) is 16.1 Å². The SMILES string of the molecule is OC1CCC(CNc2ncc(Cl)cc2Cl)CC1. The first kappa shape index (κ1) is 12.9. The van der Waals surface area contributed by atoms with Crippen LogP contribution in [0.25, 0.3) is 0 Å². The molecule has 94 valence electrons. The third kappa shape index (κ3) is 3.73. The molecule has 2 N–H and O–H groups in total. The molecule has 0 bridgehead atoms. The smallest absolute Gasteiger partial charge is 0.144 e. The van der Waals surface area contributed by atoms with Crippen molar-refractivity contribution in [3.8, 4) is 0 Å². The summed E-state index contributed by atoms with van der Waals surface area (Å²) in [6.07, 6.45) is 5.38. The van der Waals surface area contributed by atoms with Gasteiger partial charge in [-0.15, -0.1) is 0 Å². The van der Waals surface area contributed by atoms with Gasteiger partial charge in [0.1, 0.15) is 5.82 Å². The molecule has 1 heterocycles. The highest BCUT2D eigenvalue weighted by Gasteiger charge is 2.19. The van der Waals surface area contributed by atoms with Gasteiger partial charge < -0.3 is 10.4 Å². The molecular weight excluding hydrogens is 259 g/mol. The van der Waals surface area contributed by atoms with E-state index in [0.717, 1.165) is 32.2 Å². The van der Waals surface area contributed by atoms with Crippen molar-refractivity contribution in [3.63, 3.8) is 0 Å². The van der Waals surface area contributed by atoms with Gasteiger partial charge in [-0.1, -0.05) is 23.2 Å². The molecule has 1 aliphatic carbocycles. The average Bonchev–Trinajstić information content (AvgIpc) is 2.30. The van der Waals surface area contributed by atoms with Gasteiger partial charge in [-0.25, -0.2) is 4.98 Å². The van der Waals surface area contributed by atoms with Gasteiger partial charge in [0.2, 0.25) is 0 Å². The maximum absolute atomic E-state index is 9.42. The van der Waals surface area contributed by atoms with E-state index < -0.39 is 0 Å². The van der Waals surface area contributed by atoms with Crippen LogP contribution < -0.4 is 5.32 Å². The molecule has 2 rings (SSSR count). The molecule has 3 nitrogen and oxygen atoms in total. The molecule has 0 amide bonds.